The van der Waals surface area contributed by atoms with E-state index in [0.29, 0.717) is 12.1 Å². The average Bonchev–Trinajstić information content (AvgIpc) is 3.61. The number of carbonyl (C=O) groups excluding carboxylic acids is 3. The lowest BCUT2D eigenvalue weighted by atomic mass is 10.0. The minimum atomic E-state index is -0.669. The number of H-pyrrole nitrogens is 1. The maximum atomic E-state index is 13.3. The van der Waals surface area contributed by atoms with Gasteiger partial charge in [-0.05, 0) is 35.4 Å². The van der Waals surface area contributed by atoms with Crippen molar-refractivity contribution in [2.75, 3.05) is 20.2 Å². The Labute approximate surface area is 216 Å². The highest BCUT2D eigenvalue weighted by molar-refractivity contribution is 5.97. The average molecular weight is 504 g/mol. The van der Waals surface area contributed by atoms with Crippen molar-refractivity contribution < 1.29 is 19.1 Å². The van der Waals surface area contributed by atoms with E-state index < -0.39 is 12.1 Å². The largest absolute Gasteiger partial charge is 0.453 e. The minimum absolute atomic E-state index is 0.00429. The van der Waals surface area contributed by atoms with Crippen molar-refractivity contribution in [1.82, 2.24) is 20.2 Å². The first kappa shape index (κ1) is 26.1. The minimum Gasteiger partial charge on any atom is -0.453 e. The predicted octanol–water partition coefficient (Wildman–Crippen LogP) is 3.93. The van der Waals surface area contributed by atoms with Crippen LogP contribution < -0.4 is 11.1 Å². The molecule has 0 bridgehead atoms. The van der Waals surface area contributed by atoms with Crippen LogP contribution in [-0.4, -0.2) is 58.9 Å². The second kappa shape index (κ2) is 11.4. The molecule has 2 heterocycles. The number of amides is 2. The Kier molecular flexibility index (Phi) is 8.03. The number of imidazole rings is 1. The van der Waals surface area contributed by atoms with Gasteiger partial charge in [0, 0.05) is 12.1 Å². The molecule has 0 aliphatic carbocycles. The monoisotopic (exact) mass is 503 g/mol. The number of alkyl carbamates (subject to hydrolysis) is 1. The number of nitrogens with zero attached hydrogens (tertiary/aromatic N) is 2. The van der Waals surface area contributed by atoms with Crippen LogP contribution in [0.2, 0.25) is 0 Å². The van der Waals surface area contributed by atoms with E-state index in [0.717, 1.165) is 41.1 Å². The molecule has 0 spiro atoms. The van der Waals surface area contributed by atoms with Crippen LogP contribution in [0.5, 0.6) is 0 Å². The van der Waals surface area contributed by atoms with E-state index in [4.69, 9.17) is 10.5 Å². The molecule has 9 heteroatoms. The molecule has 3 aromatic rings. The van der Waals surface area contributed by atoms with E-state index in [1.807, 2.05) is 50.2 Å². The third kappa shape index (κ3) is 5.72. The van der Waals surface area contributed by atoms with Crippen LogP contribution in [-0.2, 0) is 9.53 Å². The van der Waals surface area contributed by atoms with Gasteiger partial charge >= 0.3 is 6.09 Å². The molecule has 2 aromatic carbocycles. The molecule has 1 aliphatic rings. The number of carbonyl (C=O) groups is 3. The summed E-state index contributed by atoms with van der Waals surface area (Å²) in [5.41, 5.74) is 9.91. The molecule has 2 atom stereocenters. The highest BCUT2D eigenvalue weighted by Gasteiger charge is 2.37. The Morgan fingerprint density at radius 3 is 2.30 bits per heavy atom. The Morgan fingerprint density at radius 2 is 1.70 bits per heavy atom. The van der Waals surface area contributed by atoms with Crippen LogP contribution in [0.15, 0.2) is 54.7 Å². The number of nitrogens with one attached hydrogen (secondary N) is 2. The lowest BCUT2D eigenvalue weighted by Crippen LogP contribution is -2.51. The first-order valence-electron chi connectivity index (χ1n) is 12.5. The molecule has 194 valence electrons. The summed E-state index contributed by atoms with van der Waals surface area (Å²) in [5.74, 6) is 0.421. The Morgan fingerprint density at radius 1 is 1.08 bits per heavy atom. The van der Waals surface area contributed by atoms with Gasteiger partial charge in [-0.25, -0.2) is 9.78 Å². The standard InChI is InChI=1S/C28H33N5O4/c1-17(2)25(32-28(36)37-3)27(35)33-14-4-5-23(33)26-30-16-22(31-26)20-10-6-18(7-11-20)19-8-12-21(13-9-19)24(34)15-29/h6-13,16-17,23,25H,4-5,14-15,29H2,1-3H3,(H,30,31)(H,32,36)/t23?,25-/m0/s1. The zero-order chi connectivity index (χ0) is 26.5. The summed E-state index contributed by atoms with van der Waals surface area (Å²) >= 11 is 0. The number of aromatic amines is 1. The fraction of sp³-hybridized carbons (Fsp3) is 0.357. The zero-order valence-corrected chi connectivity index (χ0v) is 21.4. The molecule has 0 saturated carbocycles. The van der Waals surface area contributed by atoms with E-state index in [1.54, 1.807) is 23.2 Å². The molecule has 4 rings (SSSR count). The van der Waals surface area contributed by atoms with Gasteiger partial charge < -0.3 is 25.7 Å². The Bertz CT molecular complexity index is 1250. The van der Waals surface area contributed by atoms with Gasteiger partial charge in [0.15, 0.2) is 5.78 Å². The number of aromatic nitrogens is 2. The van der Waals surface area contributed by atoms with Crippen LogP contribution in [0.1, 0.15) is 48.9 Å². The van der Waals surface area contributed by atoms with E-state index in [9.17, 15) is 14.4 Å². The van der Waals surface area contributed by atoms with Crippen molar-refractivity contribution in [1.29, 1.82) is 0 Å². The first-order chi connectivity index (χ1) is 17.8. The summed E-state index contributed by atoms with van der Waals surface area (Å²) in [7, 11) is 1.29. The highest BCUT2D eigenvalue weighted by atomic mass is 16.5. The van der Waals surface area contributed by atoms with Gasteiger partial charge in [-0.3, -0.25) is 9.59 Å². The SMILES string of the molecule is COC(=O)N[C@H](C(=O)N1CCCC1c1ncc(-c2ccc(-c3ccc(C(=O)CN)cc3)cc2)[nH]1)C(C)C. The normalized spacial score (nSPS) is 16.0. The van der Waals surface area contributed by atoms with Crippen molar-refractivity contribution in [3.63, 3.8) is 0 Å². The van der Waals surface area contributed by atoms with Gasteiger partial charge in [0.25, 0.3) is 0 Å². The van der Waals surface area contributed by atoms with E-state index >= 15 is 0 Å². The van der Waals surface area contributed by atoms with E-state index in [-0.39, 0.29) is 30.2 Å². The van der Waals surface area contributed by atoms with Gasteiger partial charge in [0.1, 0.15) is 11.9 Å². The van der Waals surface area contributed by atoms with E-state index in [1.165, 1.54) is 7.11 Å². The summed E-state index contributed by atoms with van der Waals surface area (Å²) in [6.45, 7) is 4.39. The maximum absolute atomic E-state index is 13.3. The van der Waals surface area contributed by atoms with Crippen molar-refractivity contribution >= 4 is 17.8 Å². The Balaban J connectivity index is 1.49. The summed E-state index contributed by atoms with van der Waals surface area (Å²) in [6.07, 6.45) is 2.82. The van der Waals surface area contributed by atoms with Gasteiger partial charge in [0.05, 0.1) is 31.6 Å². The molecular weight excluding hydrogens is 470 g/mol. The number of likely N-dealkylation sites (tertiary alicyclic amines) is 1. The lowest BCUT2D eigenvalue weighted by molar-refractivity contribution is -0.135. The predicted molar refractivity (Wildman–Crippen MR) is 141 cm³/mol. The molecule has 37 heavy (non-hydrogen) atoms. The van der Waals surface area contributed by atoms with Crippen molar-refractivity contribution in [3.05, 3.63) is 66.1 Å². The zero-order valence-electron chi connectivity index (χ0n) is 21.4. The van der Waals surface area contributed by atoms with Crippen LogP contribution in [0.4, 0.5) is 4.79 Å². The van der Waals surface area contributed by atoms with Crippen LogP contribution >= 0.6 is 0 Å². The third-order valence-electron chi connectivity index (χ3n) is 6.76. The Hall–Kier alpha value is -3.98. The number of rotatable bonds is 8. The number of hydrogen-bond acceptors (Lipinski definition) is 6. The van der Waals surface area contributed by atoms with Crippen LogP contribution in [0.3, 0.4) is 0 Å². The molecular formula is C28H33N5O4. The molecule has 1 fully saturated rings. The van der Waals surface area contributed by atoms with Crippen molar-refractivity contribution in [2.24, 2.45) is 11.7 Å². The number of ether oxygens (including phenoxy) is 1. The molecule has 1 saturated heterocycles. The van der Waals surface area contributed by atoms with Crippen LogP contribution in [0, 0.1) is 5.92 Å². The summed E-state index contributed by atoms with van der Waals surface area (Å²) in [5, 5.41) is 2.67. The van der Waals surface area contributed by atoms with Crippen LogP contribution in [0.25, 0.3) is 22.4 Å². The maximum Gasteiger partial charge on any atom is 0.407 e. The molecule has 1 aromatic heterocycles. The second-order valence-corrected chi connectivity index (χ2v) is 9.51. The number of hydrogen-bond donors (Lipinski definition) is 3. The topological polar surface area (TPSA) is 130 Å². The third-order valence-corrected chi connectivity index (χ3v) is 6.76. The van der Waals surface area contributed by atoms with Gasteiger partial charge in [-0.2, -0.15) is 0 Å². The number of nitrogens with two attached hydrogens (primary N) is 1. The number of benzene rings is 2. The first-order valence-corrected chi connectivity index (χ1v) is 12.5. The van der Waals surface area contributed by atoms with Crippen molar-refractivity contribution in [3.8, 4) is 22.4 Å². The number of methoxy groups -OCH3 is 1. The molecule has 1 aliphatic heterocycles. The summed E-state index contributed by atoms with van der Waals surface area (Å²) in [6, 6.07) is 14.6. The molecule has 1 unspecified atom stereocenters. The number of Topliss-reactive ketones (excluding diaryl/α,β-unsaturated/α-hetero) is 1. The molecule has 0 radical (unpaired) electrons. The number of ketones is 1. The lowest BCUT2D eigenvalue weighted by Gasteiger charge is -2.30. The smallest absolute Gasteiger partial charge is 0.407 e. The molecule has 2 amide bonds. The molecule has 4 N–H and O–H groups in total. The summed E-state index contributed by atoms with van der Waals surface area (Å²) in [4.78, 5) is 46.7. The molecule has 9 nitrogen and oxygen atoms in total. The highest BCUT2D eigenvalue weighted by Crippen LogP contribution is 2.33. The fourth-order valence-corrected chi connectivity index (χ4v) is 4.65. The van der Waals surface area contributed by atoms with Crippen molar-refractivity contribution in [2.45, 2.75) is 38.8 Å². The second-order valence-electron chi connectivity index (χ2n) is 9.51. The fourth-order valence-electron chi connectivity index (χ4n) is 4.65. The quantitative estimate of drug-likeness (QED) is 0.399. The summed E-state index contributed by atoms with van der Waals surface area (Å²) < 4.78 is 4.71. The van der Waals surface area contributed by atoms with Gasteiger partial charge in [-0.15, -0.1) is 0 Å². The van der Waals surface area contributed by atoms with E-state index in [2.05, 4.69) is 15.3 Å². The van der Waals surface area contributed by atoms with Gasteiger partial charge in [-0.1, -0.05) is 62.4 Å². The van der Waals surface area contributed by atoms with Gasteiger partial charge in [0.2, 0.25) is 5.91 Å².